The van der Waals surface area contributed by atoms with Gasteiger partial charge in [-0.25, -0.2) is 13.4 Å². The van der Waals surface area contributed by atoms with Crippen LogP contribution in [-0.2, 0) is 16.6 Å². The third kappa shape index (κ3) is 3.86. The maximum absolute atomic E-state index is 11.7. The van der Waals surface area contributed by atoms with Gasteiger partial charge < -0.3 is 5.32 Å². The highest BCUT2D eigenvalue weighted by Crippen LogP contribution is 2.07. The van der Waals surface area contributed by atoms with Gasteiger partial charge in [-0.15, -0.1) is 11.3 Å². The highest BCUT2D eigenvalue weighted by atomic mass is 32.2. The van der Waals surface area contributed by atoms with Crippen molar-refractivity contribution in [1.82, 2.24) is 14.6 Å². The van der Waals surface area contributed by atoms with Crippen molar-refractivity contribution < 1.29 is 8.42 Å². The predicted octanol–water partition coefficient (Wildman–Crippen LogP) is 0.124. The number of thiazole rings is 1. The van der Waals surface area contributed by atoms with Crippen molar-refractivity contribution in [2.45, 2.75) is 6.54 Å². The molecule has 0 saturated heterocycles. The smallest absolute Gasteiger partial charge is 0.215 e. The van der Waals surface area contributed by atoms with Crippen molar-refractivity contribution in [2.75, 3.05) is 26.4 Å². The molecule has 0 aliphatic heterocycles. The molecule has 0 aliphatic carbocycles. The fourth-order valence-electron chi connectivity index (χ4n) is 1.03. The van der Waals surface area contributed by atoms with E-state index in [9.17, 15) is 8.42 Å². The van der Waals surface area contributed by atoms with Crippen molar-refractivity contribution in [1.29, 1.82) is 0 Å². The van der Waals surface area contributed by atoms with Crippen LogP contribution in [0.2, 0.25) is 0 Å². The van der Waals surface area contributed by atoms with Crippen molar-refractivity contribution in [2.24, 2.45) is 0 Å². The summed E-state index contributed by atoms with van der Waals surface area (Å²) < 4.78 is 24.7. The number of rotatable bonds is 6. The second kappa shape index (κ2) is 5.55. The van der Waals surface area contributed by atoms with Crippen molar-refractivity contribution in [3.8, 4) is 0 Å². The maximum Gasteiger partial charge on any atom is 0.215 e. The molecule has 0 radical (unpaired) electrons. The monoisotopic (exact) mass is 249 g/mol. The van der Waals surface area contributed by atoms with Crippen LogP contribution in [-0.4, -0.2) is 44.1 Å². The van der Waals surface area contributed by atoms with E-state index >= 15 is 0 Å². The number of hydrogen-bond acceptors (Lipinski definition) is 5. The Bertz CT molecular complexity index is 375. The standard InChI is InChI=1S/C8H15N3O2S2/c1-9-3-4-15(12,13)11(2)5-8-6-14-7-10-8/h6-7,9H,3-5H2,1-2H3. The Morgan fingerprint density at radius 1 is 1.60 bits per heavy atom. The number of hydrogen-bond donors (Lipinski definition) is 1. The molecule has 0 amide bonds. The minimum atomic E-state index is -3.16. The molecule has 5 nitrogen and oxygen atoms in total. The lowest BCUT2D eigenvalue weighted by Crippen LogP contribution is -2.32. The van der Waals surface area contributed by atoms with Gasteiger partial charge in [0.25, 0.3) is 0 Å². The molecule has 0 saturated carbocycles. The molecule has 1 N–H and O–H groups in total. The van der Waals surface area contributed by atoms with Gasteiger partial charge in [0.2, 0.25) is 10.0 Å². The molecule has 1 rings (SSSR count). The number of nitrogens with one attached hydrogen (secondary N) is 1. The predicted molar refractivity (Wildman–Crippen MR) is 61.3 cm³/mol. The second-order valence-corrected chi connectivity index (χ2v) is 6.07. The molecule has 1 heterocycles. The second-order valence-electron chi connectivity index (χ2n) is 3.16. The summed E-state index contributed by atoms with van der Waals surface area (Å²) in [5, 5.41) is 4.67. The molecule has 1 aromatic heterocycles. The van der Waals surface area contributed by atoms with E-state index < -0.39 is 10.0 Å². The van der Waals surface area contributed by atoms with Gasteiger partial charge >= 0.3 is 0 Å². The molecule has 1 aromatic rings. The van der Waals surface area contributed by atoms with Gasteiger partial charge in [-0.05, 0) is 7.05 Å². The Hall–Kier alpha value is -0.500. The van der Waals surface area contributed by atoms with Crippen LogP contribution < -0.4 is 5.32 Å². The lowest BCUT2D eigenvalue weighted by atomic mass is 10.5. The van der Waals surface area contributed by atoms with Crippen LogP contribution in [0.15, 0.2) is 10.9 Å². The third-order valence-corrected chi connectivity index (χ3v) is 4.39. The molecular formula is C8H15N3O2S2. The van der Waals surface area contributed by atoms with Crippen LogP contribution in [0.5, 0.6) is 0 Å². The Morgan fingerprint density at radius 3 is 2.87 bits per heavy atom. The first-order chi connectivity index (χ1) is 7.06. The summed E-state index contributed by atoms with van der Waals surface area (Å²) in [6.07, 6.45) is 0. The summed E-state index contributed by atoms with van der Waals surface area (Å²) in [7, 11) is 0.143. The van der Waals surface area contributed by atoms with Gasteiger partial charge in [-0.3, -0.25) is 0 Å². The van der Waals surface area contributed by atoms with Crippen molar-refractivity contribution >= 4 is 21.4 Å². The van der Waals surface area contributed by atoms with E-state index in [1.54, 1.807) is 19.6 Å². The molecule has 15 heavy (non-hydrogen) atoms. The molecule has 0 fully saturated rings. The highest BCUT2D eigenvalue weighted by Gasteiger charge is 2.17. The van der Waals surface area contributed by atoms with E-state index in [1.165, 1.54) is 15.6 Å². The molecule has 0 atom stereocenters. The van der Waals surface area contributed by atoms with Gasteiger partial charge in [0.05, 0.1) is 23.5 Å². The summed E-state index contributed by atoms with van der Waals surface area (Å²) in [5.41, 5.74) is 2.49. The van der Waals surface area contributed by atoms with Crippen LogP contribution >= 0.6 is 11.3 Å². The fourth-order valence-corrected chi connectivity index (χ4v) is 2.68. The molecule has 7 heteroatoms. The topological polar surface area (TPSA) is 62.3 Å². The summed E-state index contributed by atoms with van der Waals surface area (Å²) in [6, 6.07) is 0. The average molecular weight is 249 g/mol. The molecule has 0 bridgehead atoms. The zero-order chi connectivity index (χ0) is 11.3. The van der Waals surface area contributed by atoms with Crippen LogP contribution in [0, 0.1) is 0 Å². The maximum atomic E-state index is 11.7. The first-order valence-corrected chi connectivity index (χ1v) is 7.07. The minimum Gasteiger partial charge on any atom is -0.319 e. The largest absolute Gasteiger partial charge is 0.319 e. The fraction of sp³-hybridized carbons (Fsp3) is 0.625. The van der Waals surface area contributed by atoms with Crippen LogP contribution in [0.4, 0.5) is 0 Å². The molecule has 0 unspecified atom stereocenters. The van der Waals surface area contributed by atoms with Crippen LogP contribution in [0.1, 0.15) is 5.69 Å². The summed E-state index contributed by atoms with van der Waals surface area (Å²) in [5.74, 6) is 0.115. The van der Waals surface area contributed by atoms with Gasteiger partial charge in [0, 0.05) is 19.0 Å². The summed E-state index contributed by atoms with van der Waals surface area (Å²) >= 11 is 1.47. The zero-order valence-electron chi connectivity index (χ0n) is 8.80. The number of nitrogens with zero attached hydrogens (tertiary/aromatic N) is 2. The van der Waals surface area contributed by atoms with Gasteiger partial charge in [0.1, 0.15) is 0 Å². The molecule has 86 valence electrons. The van der Waals surface area contributed by atoms with Crippen molar-refractivity contribution in [3.63, 3.8) is 0 Å². The Morgan fingerprint density at radius 2 is 2.33 bits per heavy atom. The Labute approximate surface area is 94.2 Å². The SMILES string of the molecule is CNCCS(=O)(=O)N(C)Cc1cscn1. The number of aromatic nitrogens is 1. The lowest BCUT2D eigenvalue weighted by molar-refractivity contribution is 0.462. The summed E-state index contributed by atoms with van der Waals surface area (Å²) in [4.78, 5) is 4.05. The van der Waals surface area contributed by atoms with Gasteiger partial charge in [-0.1, -0.05) is 0 Å². The Balaban J connectivity index is 2.56. The molecule has 0 aromatic carbocycles. The van der Waals surface area contributed by atoms with E-state index in [4.69, 9.17) is 0 Å². The normalized spacial score (nSPS) is 12.2. The van der Waals surface area contributed by atoms with E-state index in [0.717, 1.165) is 5.69 Å². The van der Waals surface area contributed by atoms with E-state index in [1.807, 2.05) is 5.38 Å². The highest BCUT2D eigenvalue weighted by molar-refractivity contribution is 7.89. The molecular weight excluding hydrogens is 234 g/mol. The van der Waals surface area contributed by atoms with Gasteiger partial charge in [0.15, 0.2) is 0 Å². The quantitative estimate of drug-likeness (QED) is 0.778. The molecule has 0 aliphatic rings. The van der Waals surface area contributed by atoms with E-state index in [0.29, 0.717) is 13.1 Å². The minimum absolute atomic E-state index is 0.115. The van der Waals surface area contributed by atoms with Crippen LogP contribution in [0.25, 0.3) is 0 Å². The lowest BCUT2D eigenvalue weighted by Gasteiger charge is -2.15. The number of sulfonamides is 1. The third-order valence-electron chi connectivity index (χ3n) is 1.95. The summed E-state index contributed by atoms with van der Waals surface area (Å²) in [6.45, 7) is 0.805. The van der Waals surface area contributed by atoms with Crippen molar-refractivity contribution in [3.05, 3.63) is 16.6 Å². The van der Waals surface area contributed by atoms with E-state index in [2.05, 4.69) is 10.3 Å². The first-order valence-electron chi connectivity index (χ1n) is 4.52. The first kappa shape index (κ1) is 12.6. The van der Waals surface area contributed by atoms with Crippen LogP contribution in [0.3, 0.4) is 0 Å². The molecule has 0 spiro atoms. The van der Waals surface area contributed by atoms with E-state index in [-0.39, 0.29) is 5.75 Å². The Kier molecular flexibility index (Phi) is 4.65. The zero-order valence-corrected chi connectivity index (χ0v) is 10.4. The van der Waals surface area contributed by atoms with Gasteiger partial charge in [-0.2, -0.15) is 4.31 Å². The average Bonchev–Trinajstić information content (AvgIpc) is 2.67.